The summed E-state index contributed by atoms with van der Waals surface area (Å²) in [5.41, 5.74) is 2.22. The van der Waals surface area contributed by atoms with E-state index in [0.717, 1.165) is 16.0 Å². The van der Waals surface area contributed by atoms with Crippen molar-refractivity contribution in [3.05, 3.63) is 41.1 Å². The van der Waals surface area contributed by atoms with Crippen molar-refractivity contribution < 1.29 is 14.4 Å². The highest BCUT2D eigenvalue weighted by atomic mass is 16.2. The minimum Gasteiger partial charge on any atom is -0.383 e. The summed E-state index contributed by atoms with van der Waals surface area (Å²) in [6, 6.07) is 4.66. The molecule has 1 aromatic carbocycles. The molecular weight excluding hydrogens is 270 g/mol. The highest BCUT2D eigenvalue weighted by Gasteiger charge is 2.37. The summed E-state index contributed by atoms with van der Waals surface area (Å²) in [5, 5.41) is 2.19. The molecule has 110 valence electrons. The molecule has 0 bridgehead atoms. The van der Waals surface area contributed by atoms with Crippen LogP contribution >= 0.6 is 0 Å². The van der Waals surface area contributed by atoms with E-state index in [1.807, 2.05) is 26.0 Å². The van der Waals surface area contributed by atoms with Crippen LogP contribution in [0.1, 0.15) is 11.1 Å². The zero-order chi connectivity index (χ0) is 15.7. The summed E-state index contributed by atoms with van der Waals surface area (Å²) >= 11 is 0. The maximum Gasteiger partial charge on any atom is 0.335 e. The quantitative estimate of drug-likeness (QED) is 0.658. The average molecular weight is 287 g/mol. The molecule has 0 saturated carbocycles. The second-order valence-electron chi connectivity index (χ2n) is 5.20. The van der Waals surface area contributed by atoms with Crippen molar-refractivity contribution in [1.29, 1.82) is 0 Å². The van der Waals surface area contributed by atoms with Gasteiger partial charge in [-0.15, -0.1) is 0 Å². The van der Waals surface area contributed by atoms with Crippen molar-refractivity contribution in [2.45, 2.75) is 13.8 Å². The normalized spacial score (nSPS) is 17.2. The molecule has 4 amide bonds. The van der Waals surface area contributed by atoms with Crippen LogP contribution in [0.5, 0.6) is 0 Å². The second-order valence-corrected chi connectivity index (χ2v) is 5.20. The van der Waals surface area contributed by atoms with Crippen LogP contribution in [0.15, 0.2) is 30.0 Å². The third-order valence-electron chi connectivity index (χ3n) is 3.08. The van der Waals surface area contributed by atoms with Gasteiger partial charge in [0.25, 0.3) is 11.8 Å². The maximum absolute atomic E-state index is 12.5. The lowest BCUT2D eigenvalue weighted by Crippen LogP contribution is -2.55. The Kier molecular flexibility index (Phi) is 3.80. The Morgan fingerprint density at radius 2 is 1.81 bits per heavy atom. The molecule has 6 heteroatoms. The first-order chi connectivity index (χ1) is 9.81. The fourth-order valence-electron chi connectivity index (χ4n) is 2.18. The van der Waals surface area contributed by atoms with E-state index < -0.39 is 17.8 Å². The van der Waals surface area contributed by atoms with E-state index >= 15 is 0 Å². The standard InChI is InChI=1S/C15H17N3O3/c1-9-5-6-12(10(2)7-9)18-14(20)11(8-17(3)4)13(19)16-15(18)21/h5-8H,1-4H3,(H,16,19,21)/b11-8+. The zero-order valence-electron chi connectivity index (χ0n) is 12.4. The molecule has 1 N–H and O–H groups in total. The molecule has 1 fully saturated rings. The van der Waals surface area contributed by atoms with Gasteiger partial charge in [0.15, 0.2) is 0 Å². The summed E-state index contributed by atoms with van der Waals surface area (Å²) in [5.74, 6) is -1.30. The van der Waals surface area contributed by atoms with Crippen LogP contribution < -0.4 is 10.2 Å². The van der Waals surface area contributed by atoms with Crippen LogP contribution in [0.2, 0.25) is 0 Å². The first-order valence-corrected chi connectivity index (χ1v) is 6.46. The van der Waals surface area contributed by atoms with Crippen molar-refractivity contribution >= 4 is 23.5 Å². The number of imide groups is 2. The van der Waals surface area contributed by atoms with E-state index in [1.54, 1.807) is 25.1 Å². The fraction of sp³-hybridized carbons (Fsp3) is 0.267. The lowest BCUT2D eigenvalue weighted by molar-refractivity contribution is -0.122. The number of carbonyl (C=O) groups excluding carboxylic acids is 3. The van der Waals surface area contributed by atoms with Crippen molar-refractivity contribution in [1.82, 2.24) is 10.2 Å². The predicted octanol–water partition coefficient (Wildman–Crippen LogP) is 1.33. The summed E-state index contributed by atoms with van der Waals surface area (Å²) in [7, 11) is 3.40. The van der Waals surface area contributed by atoms with E-state index in [9.17, 15) is 14.4 Å². The molecule has 1 saturated heterocycles. The lowest BCUT2D eigenvalue weighted by atomic mass is 10.1. The van der Waals surface area contributed by atoms with Crippen molar-refractivity contribution in [3.8, 4) is 0 Å². The maximum atomic E-state index is 12.5. The number of hydrogen-bond donors (Lipinski definition) is 1. The Labute approximate surface area is 123 Å². The van der Waals surface area contributed by atoms with Gasteiger partial charge < -0.3 is 4.90 Å². The number of aryl methyl sites for hydroxylation is 2. The van der Waals surface area contributed by atoms with Gasteiger partial charge in [-0.05, 0) is 25.5 Å². The van der Waals surface area contributed by atoms with E-state index in [1.165, 1.54) is 6.20 Å². The molecule has 2 rings (SSSR count). The van der Waals surface area contributed by atoms with Crippen LogP contribution in [0.4, 0.5) is 10.5 Å². The topological polar surface area (TPSA) is 69.7 Å². The zero-order valence-corrected chi connectivity index (χ0v) is 12.4. The molecule has 0 aromatic heterocycles. The number of rotatable bonds is 2. The Balaban J connectivity index is 2.49. The van der Waals surface area contributed by atoms with Crippen molar-refractivity contribution in [2.75, 3.05) is 19.0 Å². The molecule has 1 aliphatic heterocycles. The number of benzene rings is 1. The monoisotopic (exact) mass is 287 g/mol. The third-order valence-corrected chi connectivity index (χ3v) is 3.08. The molecule has 1 aliphatic rings. The van der Waals surface area contributed by atoms with Crippen LogP contribution in [0, 0.1) is 13.8 Å². The average Bonchev–Trinajstić information content (AvgIpc) is 2.36. The number of nitrogens with one attached hydrogen (secondary N) is 1. The number of carbonyl (C=O) groups is 3. The van der Waals surface area contributed by atoms with E-state index in [0.29, 0.717) is 5.69 Å². The SMILES string of the molecule is Cc1ccc(N2C(=O)NC(=O)/C(=C\N(C)C)C2=O)c(C)c1. The number of urea groups is 1. The summed E-state index contributed by atoms with van der Waals surface area (Å²) in [4.78, 5) is 38.9. The largest absolute Gasteiger partial charge is 0.383 e. The molecular formula is C15H17N3O3. The van der Waals surface area contributed by atoms with E-state index in [4.69, 9.17) is 0 Å². The molecule has 0 aliphatic carbocycles. The summed E-state index contributed by atoms with van der Waals surface area (Å²) in [6.45, 7) is 3.74. The van der Waals surface area contributed by atoms with Gasteiger partial charge in [0.1, 0.15) is 5.57 Å². The van der Waals surface area contributed by atoms with Crippen molar-refractivity contribution in [2.24, 2.45) is 0 Å². The second kappa shape index (κ2) is 5.40. The van der Waals surface area contributed by atoms with E-state index in [2.05, 4.69) is 5.32 Å². The molecule has 0 radical (unpaired) electrons. The summed E-state index contributed by atoms with van der Waals surface area (Å²) < 4.78 is 0. The summed E-state index contributed by atoms with van der Waals surface area (Å²) in [6.07, 6.45) is 1.40. The van der Waals surface area contributed by atoms with Gasteiger partial charge in [-0.2, -0.15) is 0 Å². The Morgan fingerprint density at radius 3 is 2.38 bits per heavy atom. The predicted molar refractivity (Wildman–Crippen MR) is 78.7 cm³/mol. The van der Waals surface area contributed by atoms with Gasteiger partial charge in [0, 0.05) is 20.3 Å². The van der Waals surface area contributed by atoms with Gasteiger partial charge in [-0.1, -0.05) is 17.7 Å². The molecule has 6 nitrogen and oxygen atoms in total. The number of amides is 4. The molecule has 0 spiro atoms. The Bertz CT molecular complexity index is 662. The van der Waals surface area contributed by atoms with E-state index in [-0.39, 0.29) is 5.57 Å². The van der Waals surface area contributed by atoms with Gasteiger partial charge in [0.2, 0.25) is 0 Å². The Hall–Kier alpha value is -2.63. The van der Waals surface area contributed by atoms with Crippen molar-refractivity contribution in [3.63, 3.8) is 0 Å². The number of nitrogens with zero attached hydrogens (tertiary/aromatic N) is 2. The van der Waals surface area contributed by atoms with Gasteiger partial charge in [0.05, 0.1) is 5.69 Å². The number of anilines is 1. The molecule has 1 heterocycles. The van der Waals surface area contributed by atoms with Crippen LogP contribution in [0.3, 0.4) is 0 Å². The van der Waals surface area contributed by atoms with Gasteiger partial charge in [-0.3, -0.25) is 14.9 Å². The molecule has 0 unspecified atom stereocenters. The lowest BCUT2D eigenvalue weighted by Gasteiger charge is -2.28. The Morgan fingerprint density at radius 1 is 1.14 bits per heavy atom. The van der Waals surface area contributed by atoms with Gasteiger partial charge in [-0.25, -0.2) is 9.69 Å². The van der Waals surface area contributed by atoms with Crippen LogP contribution in [-0.4, -0.2) is 36.8 Å². The first kappa shape index (κ1) is 14.8. The van der Waals surface area contributed by atoms with Crippen LogP contribution in [-0.2, 0) is 9.59 Å². The molecule has 0 atom stereocenters. The number of barbiturate groups is 1. The fourth-order valence-corrected chi connectivity index (χ4v) is 2.18. The number of hydrogen-bond acceptors (Lipinski definition) is 4. The van der Waals surface area contributed by atoms with Crippen LogP contribution in [0.25, 0.3) is 0 Å². The smallest absolute Gasteiger partial charge is 0.335 e. The molecule has 1 aromatic rings. The molecule has 21 heavy (non-hydrogen) atoms. The minimum absolute atomic E-state index is 0.0698. The first-order valence-electron chi connectivity index (χ1n) is 6.46. The van der Waals surface area contributed by atoms with Gasteiger partial charge >= 0.3 is 6.03 Å². The highest BCUT2D eigenvalue weighted by Crippen LogP contribution is 2.25. The minimum atomic E-state index is -0.729. The third kappa shape index (κ3) is 2.79. The highest BCUT2D eigenvalue weighted by molar-refractivity contribution is 6.37.